The van der Waals surface area contributed by atoms with Gasteiger partial charge in [-0.25, -0.2) is 13.1 Å². The number of nitrogens with one attached hydrogen (secondary N) is 2. The molecule has 0 spiro atoms. The molecule has 2 heterocycles. The van der Waals surface area contributed by atoms with Crippen molar-refractivity contribution in [1.29, 1.82) is 0 Å². The number of rotatable bonds is 7. The second-order valence-electron chi connectivity index (χ2n) is 5.32. The molecule has 1 aromatic heterocycles. The Morgan fingerprint density at radius 2 is 2.24 bits per heavy atom. The third-order valence-corrected chi connectivity index (χ3v) is 5.14. The van der Waals surface area contributed by atoms with Gasteiger partial charge in [0.15, 0.2) is 0 Å². The first-order valence-corrected chi connectivity index (χ1v) is 9.00. The molecular formula is C14H25N3O3S. The quantitative estimate of drug-likeness (QED) is 0.789. The van der Waals surface area contributed by atoms with Crippen LogP contribution in [0.15, 0.2) is 17.2 Å². The van der Waals surface area contributed by atoms with Crippen LogP contribution in [0.5, 0.6) is 0 Å². The maximum Gasteiger partial charge on any atom is 0.242 e. The SMILES string of the molecule is CCn1cc(S(=O)(=O)NCC2CCCCO2)cc1CNC. The number of sulfonamides is 1. The fourth-order valence-corrected chi connectivity index (χ4v) is 3.68. The van der Waals surface area contributed by atoms with E-state index < -0.39 is 10.0 Å². The third-order valence-electron chi connectivity index (χ3n) is 3.74. The van der Waals surface area contributed by atoms with Crippen LogP contribution in [-0.4, -0.2) is 39.3 Å². The minimum absolute atomic E-state index is 0.00133. The van der Waals surface area contributed by atoms with Gasteiger partial charge in [-0.3, -0.25) is 0 Å². The van der Waals surface area contributed by atoms with Crippen molar-refractivity contribution in [2.45, 2.75) is 50.3 Å². The number of hydrogen-bond donors (Lipinski definition) is 2. The van der Waals surface area contributed by atoms with Crippen molar-refractivity contribution in [3.63, 3.8) is 0 Å². The van der Waals surface area contributed by atoms with E-state index in [4.69, 9.17) is 4.74 Å². The van der Waals surface area contributed by atoms with E-state index in [1.54, 1.807) is 12.3 Å². The van der Waals surface area contributed by atoms with Crippen LogP contribution in [0.4, 0.5) is 0 Å². The van der Waals surface area contributed by atoms with E-state index >= 15 is 0 Å². The van der Waals surface area contributed by atoms with Gasteiger partial charge in [0.1, 0.15) is 0 Å². The highest BCUT2D eigenvalue weighted by atomic mass is 32.2. The summed E-state index contributed by atoms with van der Waals surface area (Å²) in [5.41, 5.74) is 0.967. The minimum atomic E-state index is -3.47. The zero-order valence-corrected chi connectivity index (χ0v) is 13.6. The molecule has 0 saturated carbocycles. The molecule has 7 heteroatoms. The normalized spacial score (nSPS) is 19.8. The predicted octanol–water partition coefficient (Wildman–Crippen LogP) is 1.07. The van der Waals surface area contributed by atoms with Gasteiger partial charge in [0.25, 0.3) is 0 Å². The van der Waals surface area contributed by atoms with E-state index in [1.165, 1.54) is 0 Å². The highest BCUT2D eigenvalue weighted by molar-refractivity contribution is 7.89. The molecule has 1 aliphatic rings. The molecule has 1 unspecified atom stereocenters. The zero-order valence-electron chi connectivity index (χ0n) is 12.8. The first kappa shape index (κ1) is 16.5. The van der Waals surface area contributed by atoms with E-state index in [0.29, 0.717) is 18.0 Å². The fraction of sp³-hybridized carbons (Fsp3) is 0.714. The van der Waals surface area contributed by atoms with Crippen LogP contribution in [0.1, 0.15) is 31.9 Å². The van der Waals surface area contributed by atoms with Crippen molar-refractivity contribution in [3.05, 3.63) is 18.0 Å². The highest BCUT2D eigenvalue weighted by Crippen LogP contribution is 2.16. The van der Waals surface area contributed by atoms with Crippen LogP contribution in [0.3, 0.4) is 0 Å². The molecule has 2 N–H and O–H groups in total. The molecule has 2 rings (SSSR count). The highest BCUT2D eigenvalue weighted by Gasteiger charge is 2.21. The predicted molar refractivity (Wildman–Crippen MR) is 81.6 cm³/mol. The summed E-state index contributed by atoms with van der Waals surface area (Å²) in [5.74, 6) is 0. The second-order valence-corrected chi connectivity index (χ2v) is 7.09. The van der Waals surface area contributed by atoms with Crippen molar-refractivity contribution < 1.29 is 13.2 Å². The van der Waals surface area contributed by atoms with Crippen molar-refractivity contribution >= 4 is 10.0 Å². The molecular weight excluding hydrogens is 290 g/mol. The van der Waals surface area contributed by atoms with Crippen LogP contribution in [0.2, 0.25) is 0 Å². The van der Waals surface area contributed by atoms with E-state index in [0.717, 1.165) is 38.1 Å². The van der Waals surface area contributed by atoms with Crippen molar-refractivity contribution in [2.75, 3.05) is 20.2 Å². The monoisotopic (exact) mass is 315 g/mol. The van der Waals surface area contributed by atoms with Crippen LogP contribution >= 0.6 is 0 Å². The maximum absolute atomic E-state index is 12.4. The molecule has 21 heavy (non-hydrogen) atoms. The summed E-state index contributed by atoms with van der Waals surface area (Å²) in [7, 11) is -1.62. The Morgan fingerprint density at radius 3 is 2.86 bits per heavy atom. The van der Waals surface area contributed by atoms with E-state index in [-0.39, 0.29) is 6.10 Å². The average molecular weight is 315 g/mol. The smallest absolute Gasteiger partial charge is 0.242 e. The van der Waals surface area contributed by atoms with E-state index in [1.807, 2.05) is 18.5 Å². The topological polar surface area (TPSA) is 72.4 Å². The van der Waals surface area contributed by atoms with Crippen LogP contribution < -0.4 is 10.0 Å². The Hall–Kier alpha value is -0.890. The van der Waals surface area contributed by atoms with Gasteiger partial charge >= 0.3 is 0 Å². The maximum atomic E-state index is 12.4. The summed E-state index contributed by atoms with van der Waals surface area (Å²) in [6.07, 6.45) is 4.78. The Bertz CT molecular complexity index is 548. The van der Waals surface area contributed by atoms with Gasteiger partial charge < -0.3 is 14.6 Å². The van der Waals surface area contributed by atoms with Gasteiger partial charge in [0.2, 0.25) is 10.0 Å². The van der Waals surface area contributed by atoms with Crippen LogP contribution in [-0.2, 0) is 27.8 Å². The van der Waals surface area contributed by atoms with Gasteiger partial charge in [-0.1, -0.05) is 0 Å². The van der Waals surface area contributed by atoms with Crippen LogP contribution in [0.25, 0.3) is 0 Å². The Kier molecular flexibility index (Phi) is 5.80. The number of nitrogens with zero attached hydrogens (tertiary/aromatic N) is 1. The summed E-state index contributed by atoms with van der Waals surface area (Å²) >= 11 is 0. The number of hydrogen-bond acceptors (Lipinski definition) is 4. The largest absolute Gasteiger partial charge is 0.377 e. The zero-order chi connectivity index (χ0) is 15.3. The fourth-order valence-electron chi connectivity index (χ4n) is 2.55. The standard InChI is InChI=1S/C14H25N3O3S/c1-3-17-11-14(8-12(17)9-15-2)21(18,19)16-10-13-6-4-5-7-20-13/h8,11,13,15-16H,3-7,9-10H2,1-2H3. The third kappa shape index (κ3) is 4.29. The lowest BCUT2D eigenvalue weighted by Gasteiger charge is -2.22. The number of aryl methyl sites for hydroxylation is 1. The molecule has 0 aliphatic carbocycles. The first-order valence-electron chi connectivity index (χ1n) is 7.51. The summed E-state index contributed by atoms with van der Waals surface area (Å²) in [5, 5.41) is 3.05. The second kappa shape index (κ2) is 7.40. The molecule has 0 radical (unpaired) electrons. The lowest BCUT2D eigenvalue weighted by molar-refractivity contribution is 0.0200. The molecule has 1 atom stereocenters. The van der Waals surface area contributed by atoms with Crippen LogP contribution in [0, 0.1) is 0 Å². The molecule has 1 fully saturated rings. The first-order chi connectivity index (χ1) is 10.1. The lowest BCUT2D eigenvalue weighted by atomic mass is 10.1. The Labute approximate surface area is 126 Å². The summed E-state index contributed by atoms with van der Waals surface area (Å²) < 4.78 is 34.9. The molecule has 0 bridgehead atoms. The van der Waals surface area contributed by atoms with E-state index in [2.05, 4.69) is 10.0 Å². The molecule has 1 aromatic rings. The summed E-state index contributed by atoms with van der Waals surface area (Å²) in [4.78, 5) is 0.324. The number of ether oxygens (including phenoxy) is 1. The molecule has 0 amide bonds. The molecule has 0 aromatic carbocycles. The summed E-state index contributed by atoms with van der Waals surface area (Å²) in [6.45, 7) is 4.47. The van der Waals surface area contributed by atoms with Gasteiger partial charge in [0.05, 0.1) is 11.0 Å². The van der Waals surface area contributed by atoms with Crippen molar-refractivity contribution in [3.8, 4) is 0 Å². The minimum Gasteiger partial charge on any atom is -0.377 e. The Morgan fingerprint density at radius 1 is 1.43 bits per heavy atom. The Balaban J connectivity index is 2.04. The van der Waals surface area contributed by atoms with Gasteiger partial charge in [0, 0.05) is 38.1 Å². The number of aromatic nitrogens is 1. The van der Waals surface area contributed by atoms with Gasteiger partial charge in [-0.2, -0.15) is 0 Å². The average Bonchev–Trinajstić information content (AvgIpc) is 2.91. The lowest BCUT2D eigenvalue weighted by Crippen LogP contribution is -2.35. The molecule has 120 valence electrons. The molecule has 1 aliphatic heterocycles. The van der Waals surface area contributed by atoms with Crippen molar-refractivity contribution in [2.24, 2.45) is 0 Å². The van der Waals surface area contributed by atoms with Gasteiger partial charge in [-0.05, 0) is 39.3 Å². The molecule has 6 nitrogen and oxygen atoms in total. The molecule has 1 saturated heterocycles. The van der Waals surface area contributed by atoms with Gasteiger partial charge in [-0.15, -0.1) is 0 Å². The van der Waals surface area contributed by atoms with Crippen molar-refractivity contribution in [1.82, 2.24) is 14.6 Å². The summed E-state index contributed by atoms with van der Waals surface area (Å²) in [6, 6.07) is 1.73. The van der Waals surface area contributed by atoms with E-state index in [9.17, 15) is 8.42 Å².